The van der Waals surface area contributed by atoms with Crippen LogP contribution in [0.15, 0.2) is 60.7 Å². The Morgan fingerprint density at radius 3 is 2.08 bits per heavy atom. The van der Waals surface area contributed by atoms with Gasteiger partial charge in [-0.2, -0.15) is 0 Å². The number of benzene rings is 2. The van der Waals surface area contributed by atoms with Crippen molar-refractivity contribution in [3.05, 3.63) is 71.8 Å². The Morgan fingerprint density at radius 1 is 0.917 bits per heavy atom. The Balaban J connectivity index is 2.06. The van der Waals surface area contributed by atoms with E-state index in [9.17, 15) is 19.5 Å². The molecule has 2 aromatic carbocycles. The van der Waals surface area contributed by atoms with Crippen LogP contribution in [0.4, 0.5) is 4.79 Å². The van der Waals surface area contributed by atoms with E-state index in [1.807, 2.05) is 74.5 Å². The maximum Gasteiger partial charge on any atom is 0.407 e. The second-order valence-corrected chi connectivity index (χ2v) is 8.85. The Labute approximate surface area is 212 Å². The van der Waals surface area contributed by atoms with Crippen LogP contribution < -0.4 is 10.7 Å². The van der Waals surface area contributed by atoms with E-state index in [1.54, 1.807) is 0 Å². The number of carbonyl (C=O) groups is 3. The van der Waals surface area contributed by atoms with Crippen LogP contribution in [0.3, 0.4) is 0 Å². The number of carbonyl (C=O) groups excluding carboxylic acids is 2. The van der Waals surface area contributed by atoms with E-state index in [4.69, 9.17) is 9.47 Å². The predicted octanol–water partition coefficient (Wildman–Crippen LogP) is 3.39. The zero-order valence-electron chi connectivity index (χ0n) is 21.2. The molecule has 36 heavy (non-hydrogen) atoms. The molecule has 2 aromatic rings. The number of amides is 1. The molecule has 0 saturated carbocycles. The van der Waals surface area contributed by atoms with Gasteiger partial charge in [0.15, 0.2) is 0 Å². The number of hydrogen-bond acceptors (Lipinski definition) is 7. The highest BCUT2D eigenvalue weighted by Gasteiger charge is 2.36. The van der Waals surface area contributed by atoms with Gasteiger partial charge in [0.2, 0.25) is 0 Å². The number of aliphatic carboxylic acids is 1. The van der Waals surface area contributed by atoms with Crippen LogP contribution >= 0.6 is 0 Å². The summed E-state index contributed by atoms with van der Waals surface area (Å²) in [6, 6.07) is 17.2. The van der Waals surface area contributed by atoms with Crippen LogP contribution in [-0.2, 0) is 32.1 Å². The van der Waals surface area contributed by atoms with Gasteiger partial charge in [-0.1, -0.05) is 74.5 Å². The second kappa shape index (κ2) is 15.5. The molecule has 9 heteroatoms. The third-order valence-electron chi connectivity index (χ3n) is 5.58. The first-order chi connectivity index (χ1) is 17.3. The number of hydrazine groups is 1. The van der Waals surface area contributed by atoms with Crippen molar-refractivity contribution < 1.29 is 29.0 Å². The van der Waals surface area contributed by atoms with Crippen molar-refractivity contribution in [1.29, 1.82) is 0 Å². The SMILES string of the molecule is COC(=O)[C@@H](CCNC(=O)OCc1ccccc1)N(NCCc1ccccc1)[C@@H](CC(C)C)C(=O)O. The smallest absolute Gasteiger partial charge is 0.407 e. The summed E-state index contributed by atoms with van der Waals surface area (Å²) in [5.74, 6) is -1.55. The fraction of sp³-hybridized carbons (Fsp3) is 0.444. The number of hydrogen-bond donors (Lipinski definition) is 3. The summed E-state index contributed by atoms with van der Waals surface area (Å²) in [7, 11) is 1.26. The van der Waals surface area contributed by atoms with Crippen LogP contribution in [0.1, 0.15) is 37.8 Å². The van der Waals surface area contributed by atoms with Crippen molar-refractivity contribution in [3.8, 4) is 0 Å². The maximum atomic E-state index is 12.7. The largest absolute Gasteiger partial charge is 0.480 e. The van der Waals surface area contributed by atoms with E-state index in [1.165, 1.54) is 12.1 Å². The van der Waals surface area contributed by atoms with E-state index in [0.717, 1.165) is 11.1 Å². The first-order valence-electron chi connectivity index (χ1n) is 12.1. The minimum Gasteiger partial charge on any atom is -0.480 e. The number of rotatable bonds is 15. The molecule has 2 rings (SSSR count). The summed E-state index contributed by atoms with van der Waals surface area (Å²) in [5.41, 5.74) is 5.10. The Kier molecular flexibility index (Phi) is 12.4. The molecular formula is C27H37N3O6. The summed E-state index contributed by atoms with van der Waals surface area (Å²) in [6.07, 6.45) is 0.479. The molecule has 3 N–H and O–H groups in total. The lowest BCUT2D eigenvalue weighted by Gasteiger charge is -2.35. The molecule has 0 radical (unpaired) electrons. The van der Waals surface area contributed by atoms with Gasteiger partial charge in [-0.25, -0.2) is 9.80 Å². The van der Waals surface area contributed by atoms with E-state index >= 15 is 0 Å². The number of nitrogens with one attached hydrogen (secondary N) is 2. The molecule has 0 aromatic heterocycles. The summed E-state index contributed by atoms with van der Waals surface area (Å²) in [5, 5.41) is 14.1. The number of carboxylic acids is 1. The van der Waals surface area contributed by atoms with Crippen LogP contribution in [0.5, 0.6) is 0 Å². The molecule has 9 nitrogen and oxygen atoms in total. The Morgan fingerprint density at radius 2 is 1.53 bits per heavy atom. The van der Waals surface area contributed by atoms with Gasteiger partial charge >= 0.3 is 18.0 Å². The topological polar surface area (TPSA) is 117 Å². The molecule has 0 unspecified atom stereocenters. The zero-order valence-corrected chi connectivity index (χ0v) is 21.2. The van der Waals surface area contributed by atoms with Crippen molar-refractivity contribution in [3.63, 3.8) is 0 Å². The first kappa shape index (κ1) is 28.8. The second-order valence-electron chi connectivity index (χ2n) is 8.85. The Hall–Kier alpha value is -3.43. The average Bonchev–Trinajstić information content (AvgIpc) is 2.88. The monoisotopic (exact) mass is 499 g/mol. The van der Waals surface area contributed by atoms with Crippen LogP contribution in [0, 0.1) is 5.92 Å². The van der Waals surface area contributed by atoms with Gasteiger partial charge in [0.05, 0.1) is 7.11 Å². The first-order valence-corrected chi connectivity index (χ1v) is 12.1. The number of ether oxygens (including phenoxy) is 2. The van der Waals surface area contributed by atoms with Crippen molar-refractivity contribution in [2.45, 2.75) is 51.8 Å². The average molecular weight is 500 g/mol. The zero-order chi connectivity index (χ0) is 26.3. The molecule has 0 aliphatic rings. The van der Waals surface area contributed by atoms with Gasteiger partial charge in [-0.05, 0) is 36.3 Å². The number of esters is 1. The Bertz CT molecular complexity index is 939. The molecule has 1 amide bonds. The third kappa shape index (κ3) is 10.1. The number of methoxy groups -OCH3 is 1. The molecule has 196 valence electrons. The molecule has 0 aliphatic heterocycles. The lowest BCUT2D eigenvalue weighted by molar-refractivity contribution is -0.156. The lowest BCUT2D eigenvalue weighted by Crippen LogP contribution is -2.59. The van der Waals surface area contributed by atoms with Crippen LogP contribution in [0.25, 0.3) is 0 Å². The van der Waals surface area contributed by atoms with E-state index in [2.05, 4.69) is 10.7 Å². The van der Waals surface area contributed by atoms with Crippen molar-refractivity contribution in [2.24, 2.45) is 5.92 Å². The van der Waals surface area contributed by atoms with Crippen molar-refractivity contribution in [2.75, 3.05) is 20.2 Å². The summed E-state index contributed by atoms with van der Waals surface area (Å²) in [4.78, 5) is 37.1. The fourth-order valence-corrected chi connectivity index (χ4v) is 3.78. The standard InChI is InChI=1S/C27H37N3O6/c1-20(2)18-24(25(31)32)30(29-17-14-21-10-6-4-7-11-21)23(26(33)35-3)15-16-28-27(34)36-19-22-12-8-5-9-13-22/h4-13,20,23-24,29H,14-19H2,1-3H3,(H,28,34)(H,31,32)/t23-,24+/m1/s1. The van der Waals surface area contributed by atoms with E-state index < -0.39 is 30.1 Å². The minimum atomic E-state index is -1.04. The number of alkyl carbamates (subject to hydrolysis) is 1. The van der Waals surface area contributed by atoms with Crippen LogP contribution in [0.2, 0.25) is 0 Å². The highest BCUT2D eigenvalue weighted by Crippen LogP contribution is 2.16. The van der Waals surface area contributed by atoms with Gasteiger partial charge in [0, 0.05) is 13.1 Å². The highest BCUT2D eigenvalue weighted by atomic mass is 16.5. The summed E-state index contributed by atoms with van der Waals surface area (Å²) in [6.45, 7) is 4.49. The van der Waals surface area contributed by atoms with Gasteiger partial charge in [-0.15, -0.1) is 0 Å². The minimum absolute atomic E-state index is 0.0777. The maximum absolute atomic E-state index is 12.7. The molecule has 0 heterocycles. The quantitative estimate of drug-likeness (QED) is 0.252. The molecular weight excluding hydrogens is 462 g/mol. The van der Waals surface area contributed by atoms with Gasteiger partial charge < -0.3 is 19.9 Å². The predicted molar refractivity (Wildman–Crippen MR) is 136 cm³/mol. The molecule has 0 saturated heterocycles. The van der Waals surface area contributed by atoms with Crippen LogP contribution in [-0.4, -0.2) is 60.4 Å². The molecule has 0 fully saturated rings. The molecule has 0 aliphatic carbocycles. The molecule has 0 bridgehead atoms. The third-order valence-corrected chi connectivity index (χ3v) is 5.58. The fourth-order valence-electron chi connectivity index (χ4n) is 3.78. The van der Waals surface area contributed by atoms with E-state index in [0.29, 0.717) is 19.4 Å². The molecule has 2 atom stereocenters. The van der Waals surface area contributed by atoms with Crippen molar-refractivity contribution >= 4 is 18.0 Å². The molecule has 0 spiro atoms. The highest BCUT2D eigenvalue weighted by molar-refractivity contribution is 5.78. The lowest BCUT2D eigenvalue weighted by atomic mass is 10.0. The number of nitrogens with zero attached hydrogens (tertiary/aromatic N) is 1. The van der Waals surface area contributed by atoms with Gasteiger partial charge in [-0.3, -0.25) is 15.0 Å². The van der Waals surface area contributed by atoms with Crippen molar-refractivity contribution in [1.82, 2.24) is 15.8 Å². The number of carboxylic acid groups (broad SMARTS) is 1. The van der Waals surface area contributed by atoms with E-state index in [-0.39, 0.29) is 25.5 Å². The van der Waals surface area contributed by atoms with Gasteiger partial charge in [0.1, 0.15) is 18.7 Å². The summed E-state index contributed by atoms with van der Waals surface area (Å²) < 4.78 is 10.2. The van der Waals surface area contributed by atoms with Gasteiger partial charge in [0.25, 0.3) is 0 Å². The normalized spacial score (nSPS) is 12.7. The summed E-state index contributed by atoms with van der Waals surface area (Å²) >= 11 is 0.